The Kier molecular flexibility index (Phi) is 6.45. The number of likely N-dealkylation sites (N-methyl/N-ethyl adjacent to an activating group) is 2. The van der Waals surface area contributed by atoms with Crippen LogP contribution in [-0.4, -0.2) is 32.1 Å². The fourth-order valence-electron chi connectivity index (χ4n) is 1.94. The topological polar surface area (TPSA) is 44.4 Å². The monoisotopic (exact) mass is 281 g/mol. The van der Waals surface area contributed by atoms with Crippen molar-refractivity contribution >= 4 is 11.6 Å². The molecular formula is C15H24FN3O. The Balaban J connectivity index is 2.87. The van der Waals surface area contributed by atoms with Crippen LogP contribution in [0.1, 0.15) is 26.3 Å². The molecule has 1 rings (SSSR count). The molecule has 0 saturated carbocycles. The maximum Gasteiger partial charge on any atom is 0.239 e. The largest absolute Gasteiger partial charge is 0.365 e. The van der Waals surface area contributed by atoms with Crippen molar-refractivity contribution in [1.29, 1.82) is 0 Å². The van der Waals surface area contributed by atoms with Crippen LogP contribution < -0.4 is 15.5 Å². The van der Waals surface area contributed by atoms with Crippen molar-refractivity contribution in [3.8, 4) is 0 Å². The normalized spacial score (nSPS) is 10.7. The van der Waals surface area contributed by atoms with E-state index in [1.165, 1.54) is 6.07 Å². The van der Waals surface area contributed by atoms with Crippen LogP contribution in [0.2, 0.25) is 0 Å². The molecule has 0 spiro atoms. The van der Waals surface area contributed by atoms with Gasteiger partial charge in [0.2, 0.25) is 5.91 Å². The van der Waals surface area contributed by atoms with Gasteiger partial charge in [0.25, 0.3) is 0 Å². The lowest BCUT2D eigenvalue weighted by atomic mass is 10.1. The number of anilines is 1. The third kappa shape index (κ3) is 4.81. The van der Waals surface area contributed by atoms with E-state index in [9.17, 15) is 9.18 Å². The first-order valence-corrected chi connectivity index (χ1v) is 6.94. The molecular weight excluding hydrogens is 257 g/mol. The van der Waals surface area contributed by atoms with Crippen molar-refractivity contribution in [3.63, 3.8) is 0 Å². The fraction of sp³-hybridized carbons (Fsp3) is 0.533. The zero-order valence-corrected chi connectivity index (χ0v) is 12.7. The Morgan fingerprint density at radius 1 is 1.40 bits per heavy atom. The lowest BCUT2D eigenvalue weighted by Crippen LogP contribution is -2.35. The zero-order chi connectivity index (χ0) is 15.1. The van der Waals surface area contributed by atoms with Gasteiger partial charge in [-0.15, -0.1) is 0 Å². The zero-order valence-electron chi connectivity index (χ0n) is 12.7. The molecule has 1 aromatic rings. The minimum atomic E-state index is -0.251. The second kappa shape index (κ2) is 7.85. The van der Waals surface area contributed by atoms with Gasteiger partial charge in [0.15, 0.2) is 0 Å². The van der Waals surface area contributed by atoms with Gasteiger partial charge in [-0.25, -0.2) is 4.39 Å². The number of carbonyl (C=O) groups excluding carboxylic acids is 1. The van der Waals surface area contributed by atoms with Gasteiger partial charge >= 0.3 is 0 Å². The van der Waals surface area contributed by atoms with Gasteiger partial charge in [0, 0.05) is 37.4 Å². The van der Waals surface area contributed by atoms with Crippen molar-refractivity contribution in [3.05, 3.63) is 29.6 Å². The standard InChI is InChI=1S/C15H24FN3O/c1-5-17-15(20)10-19(4)14-8-6-7-13(16)12(14)9-18-11(2)3/h6-8,11,18H,5,9-10H2,1-4H3,(H,17,20). The molecule has 1 amide bonds. The third-order valence-corrected chi connectivity index (χ3v) is 2.95. The highest BCUT2D eigenvalue weighted by Crippen LogP contribution is 2.22. The van der Waals surface area contributed by atoms with E-state index >= 15 is 0 Å². The Hall–Kier alpha value is -1.62. The van der Waals surface area contributed by atoms with E-state index in [-0.39, 0.29) is 24.3 Å². The van der Waals surface area contributed by atoms with Gasteiger partial charge in [-0.1, -0.05) is 19.9 Å². The molecule has 0 heterocycles. The van der Waals surface area contributed by atoms with E-state index in [1.807, 2.05) is 26.8 Å². The number of hydrogen-bond donors (Lipinski definition) is 2. The summed E-state index contributed by atoms with van der Waals surface area (Å²) in [5, 5.41) is 5.95. The first-order chi connectivity index (χ1) is 9.45. The lowest BCUT2D eigenvalue weighted by molar-refractivity contribution is -0.119. The van der Waals surface area contributed by atoms with Crippen LogP contribution in [0.4, 0.5) is 10.1 Å². The van der Waals surface area contributed by atoms with E-state index in [0.29, 0.717) is 18.7 Å². The van der Waals surface area contributed by atoms with Crippen LogP contribution in [-0.2, 0) is 11.3 Å². The number of carbonyl (C=O) groups is 1. The summed E-state index contributed by atoms with van der Waals surface area (Å²) in [6, 6.07) is 5.22. The van der Waals surface area contributed by atoms with Gasteiger partial charge < -0.3 is 15.5 Å². The van der Waals surface area contributed by atoms with Crippen LogP contribution >= 0.6 is 0 Å². The number of benzene rings is 1. The van der Waals surface area contributed by atoms with E-state index < -0.39 is 0 Å². The number of halogens is 1. The highest BCUT2D eigenvalue weighted by Gasteiger charge is 2.14. The number of amides is 1. The lowest BCUT2D eigenvalue weighted by Gasteiger charge is -2.23. The summed E-state index contributed by atoms with van der Waals surface area (Å²) in [4.78, 5) is 13.4. The summed E-state index contributed by atoms with van der Waals surface area (Å²) in [6.45, 7) is 7.15. The highest BCUT2D eigenvalue weighted by molar-refractivity contribution is 5.81. The highest BCUT2D eigenvalue weighted by atomic mass is 19.1. The molecule has 1 aromatic carbocycles. The first kappa shape index (κ1) is 16.4. The van der Waals surface area contributed by atoms with Crippen molar-refractivity contribution in [2.45, 2.75) is 33.4 Å². The molecule has 0 fully saturated rings. The van der Waals surface area contributed by atoms with Gasteiger partial charge in [-0.2, -0.15) is 0 Å². The molecule has 112 valence electrons. The fourth-order valence-corrected chi connectivity index (χ4v) is 1.94. The van der Waals surface area contributed by atoms with Crippen LogP contribution in [0, 0.1) is 5.82 Å². The van der Waals surface area contributed by atoms with Gasteiger partial charge in [0.05, 0.1) is 6.54 Å². The summed E-state index contributed by atoms with van der Waals surface area (Å²) in [5.41, 5.74) is 1.33. The molecule has 5 heteroatoms. The molecule has 20 heavy (non-hydrogen) atoms. The molecule has 0 atom stereocenters. The molecule has 0 aromatic heterocycles. The molecule has 0 bridgehead atoms. The maximum atomic E-state index is 14.0. The molecule has 2 N–H and O–H groups in total. The van der Waals surface area contributed by atoms with E-state index in [0.717, 1.165) is 5.69 Å². The summed E-state index contributed by atoms with van der Waals surface area (Å²) in [6.07, 6.45) is 0. The predicted molar refractivity (Wildman–Crippen MR) is 80.3 cm³/mol. The second-order valence-electron chi connectivity index (χ2n) is 5.08. The van der Waals surface area contributed by atoms with Crippen LogP contribution in [0.5, 0.6) is 0 Å². The molecule has 0 radical (unpaired) electrons. The second-order valence-corrected chi connectivity index (χ2v) is 5.08. The number of hydrogen-bond acceptors (Lipinski definition) is 3. The maximum absolute atomic E-state index is 14.0. The Bertz CT molecular complexity index is 449. The molecule has 0 aliphatic heterocycles. The van der Waals surface area contributed by atoms with Crippen LogP contribution in [0.25, 0.3) is 0 Å². The van der Waals surface area contributed by atoms with Gasteiger partial charge in [0.1, 0.15) is 5.82 Å². The summed E-state index contributed by atoms with van der Waals surface area (Å²) in [7, 11) is 1.79. The molecule has 0 aliphatic carbocycles. The summed E-state index contributed by atoms with van der Waals surface area (Å²) < 4.78 is 14.0. The van der Waals surface area contributed by atoms with E-state index in [4.69, 9.17) is 0 Å². The van der Waals surface area contributed by atoms with Crippen molar-refractivity contribution < 1.29 is 9.18 Å². The van der Waals surface area contributed by atoms with Gasteiger partial charge in [-0.05, 0) is 19.1 Å². The molecule has 0 saturated heterocycles. The Morgan fingerprint density at radius 3 is 2.70 bits per heavy atom. The first-order valence-electron chi connectivity index (χ1n) is 6.94. The molecule has 4 nitrogen and oxygen atoms in total. The Labute approximate surface area is 120 Å². The SMILES string of the molecule is CCNC(=O)CN(C)c1cccc(F)c1CNC(C)C. The third-order valence-electron chi connectivity index (χ3n) is 2.95. The number of nitrogens with one attached hydrogen (secondary N) is 2. The number of nitrogens with zero attached hydrogens (tertiary/aromatic N) is 1. The minimum absolute atomic E-state index is 0.0676. The number of rotatable bonds is 7. The quantitative estimate of drug-likeness (QED) is 0.802. The summed E-state index contributed by atoms with van der Waals surface area (Å²) >= 11 is 0. The van der Waals surface area contributed by atoms with Crippen molar-refractivity contribution in [1.82, 2.24) is 10.6 Å². The molecule has 0 aliphatic rings. The van der Waals surface area contributed by atoms with Crippen molar-refractivity contribution in [2.24, 2.45) is 0 Å². The predicted octanol–water partition coefficient (Wildman–Crippen LogP) is 1.90. The molecule has 0 unspecified atom stereocenters. The van der Waals surface area contributed by atoms with Crippen LogP contribution in [0.15, 0.2) is 18.2 Å². The Morgan fingerprint density at radius 2 is 2.10 bits per heavy atom. The van der Waals surface area contributed by atoms with Crippen LogP contribution in [0.3, 0.4) is 0 Å². The van der Waals surface area contributed by atoms with Crippen molar-refractivity contribution in [2.75, 3.05) is 25.0 Å². The smallest absolute Gasteiger partial charge is 0.239 e. The van der Waals surface area contributed by atoms with Gasteiger partial charge in [-0.3, -0.25) is 4.79 Å². The minimum Gasteiger partial charge on any atom is -0.365 e. The van der Waals surface area contributed by atoms with E-state index in [2.05, 4.69) is 10.6 Å². The summed E-state index contributed by atoms with van der Waals surface area (Å²) in [5.74, 6) is -0.319. The average molecular weight is 281 g/mol. The average Bonchev–Trinajstić information content (AvgIpc) is 2.36. The van der Waals surface area contributed by atoms with E-state index in [1.54, 1.807) is 18.0 Å².